The second-order valence-electron chi connectivity index (χ2n) is 2.94. The highest BCUT2D eigenvalue weighted by molar-refractivity contribution is 5.26. The summed E-state index contributed by atoms with van der Waals surface area (Å²) in [4.78, 5) is 3.99. The topological polar surface area (TPSA) is 89.3 Å². The highest BCUT2D eigenvalue weighted by Gasteiger charge is 2.14. The second-order valence-corrected chi connectivity index (χ2v) is 2.94. The van der Waals surface area contributed by atoms with Gasteiger partial charge in [0.15, 0.2) is 5.82 Å². The largest absolute Gasteiger partial charge is 0.385 e. The molecule has 2 rings (SSSR count). The van der Waals surface area contributed by atoms with Gasteiger partial charge in [-0.2, -0.15) is 0 Å². The third-order valence-corrected chi connectivity index (χ3v) is 1.95. The zero-order chi connectivity index (χ0) is 9.97. The number of aliphatic hydroxyl groups is 1. The number of nitrogens with two attached hydrogens (primary N) is 1. The van der Waals surface area contributed by atoms with Gasteiger partial charge in [0.1, 0.15) is 6.10 Å². The van der Waals surface area contributed by atoms with Crippen molar-refractivity contribution in [2.75, 3.05) is 6.54 Å². The summed E-state index contributed by atoms with van der Waals surface area (Å²) in [6, 6.07) is 1.76. The molecule has 0 spiro atoms. The number of hydrogen-bond donors (Lipinski definition) is 2. The van der Waals surface area contributed by atoms with E-state index in [0.29, 0.717) is 24.6 Å². The van der Waals surface area contributed by atoms with Gasteiger partial charge in [0, 0.05) is 12.4 Å². The van der Waals surface area contributed by atoms with Crippen molar-refractivity contribution in [1.82, 2.24) is 19.6 Å². The van der Waals surface area contributed by atoms with Crippen LogP contribution in [0.15, 0.2) is 18.5 Å². The lowest BCUT2D eigenvalue weighted by Crippen LogP contribution is -2.09. The molecule has 2 heterocycles. The van der Waals surface area contributed by atoms with Gasteiger partial charge in [-0.05, 0) is 19.0 Å². The lowest BCUT2D eigenvalue weighted by molar-refractivity contribution is 0.159. The Labute approximate surface area is 80.4 Å². The van der Waals surface area contributed by atoms with Crippen molar-refractivity contribution in [2.24, 2.45) is 5.73 Å². The summed E-state index contributed by atoms with van der Waals surface area (Å²) < 4.78 is 1.65. The molecule has 0 fully saturated rings. The van der Waals surface area contributed by atoms with Crippen LogP contribution >= 0.6 is 0 Å². The Bertz CT molecular complexity index is 426. The van der Waals surface area contributed by atoms with Crippen molar-refractivity contribution in [3.8, 4) is 0 Å². The van der Waals surface area contributed by atoms with Crippen LogP contribution in [-0.2, 0) is 0 Å². The maximum Gasteiger partial charge on any atom is 0.255 e. The first-order valence-corrected chi connectivity index (χ1v) is 4.36. The van der Waals surface area contributed by atoms with Crippen LogP contribution in [0.1, 0.15) is 18.3 Å². The molecule has 0 saturated heterocycles. The summed E-state index contributed by atoms with van der Waals surface area (Å²) >= 11 is 0. The first kappa shape index (κ1) is 9.04. The summed E-state index contributed by atoms with van der Waals surface area (Å²) in [6.45, 7) is 0.413. The van der Waals surface area contributed by atoms with E-state index in [-0.39, 0.29) is 0 Å². The highest BCUT2D eigenvalue weighted by Crippen LogP contribution is 2.13. The van der Waals surface area contributed by atoms with Gasteiger partial charge < -0.3 is 10.8 Å². The SMILES string of the molecule is NCCC(O)c1nnc2ncccn12. The molecule has 0 bridgehead atoms. The highest BCUT2D eigenvalue weighted by atomic mass is 16.3. The minimum Gasteiger partial charge on any atom is -0.385 e. The minimum absolute atomic E-state index is 0.413. The fraction of sp³-hybridized carbons (Fsp3) is 0.375. The van der Waals surface area contributed by atoms with Crippen LogP contribution in [-0.4, -0.2) is 31.2 Å². The van der Waals surface area contributed by atoms with Gasteiger partial charge >= 0.3 is 0 Å². The normalized spacial score (nSPS) is 13.3. The summed E-state index contributed by atoms with van der Waals surface area (Å²) in [7, 11) is 0. The molecule has 6 heteroatoms. The van der Waals surface area contributed by atoms with Crippen LogP contribution in [0.5, 0.6) is 0 Å². The molecule has 0 aliphatic carbocycles. The zero-order valence-corrected chi connectivity index (χ0v) is 7.54. The summed E-state index contributed by atoms with van der Waals surface area (Å²) in [6.07, 6.45) is 3.18. The number of rotatable bonds is 3. The first-order chi connectivity index (χ1) is 6.83. The van der Waals surface area contributed by atoms with Crippen molar-refractivity contribution in [1.29, 1.82) is 0 Å². The molecule has 0 aliphatic rings. The third-order valence-electron chi connectivity index (χ3n) is 1.95. The fourth-order valence-electron chi connectivity index (χ4n) is 1.27. The van der Waals surface area contributed by atoms with Crippen molar-refractivity contribution in [3.05, 3.63) is 24.3 Å². The molecule has 74 valence electrons. The number of fused-ring (bicyclic) bond motifs is 1. The lowest BCUT2D eigenvalue weighted by atomic mass is 10.2. The van der Waals surface area contributed by atoms with Gasteiger partial charge in [-0.3, -0.25) is 4.40 Å². The van der Waals surface area contributed by atoms with Crippen LogP contribution < -0.4 is 5.73 Å². The Balaban J connectivity index is 2.42. The molecule has 1 unspecified atom stereocenters. The predicted octanol–water partition coefficient (Wildman–Crippen LogP) is -0.494. The van der Waals surface area contributed by atoms with E-state index in [0.717, 1.165) is 0 Å². The quantitative estimate of drug-likeness (QED) is 0.686. The average Bonchev–Trinajstić information content (AvgIpc) is 2.61. The standard InChI is InChI=1S/C8H11N5O/c9-3-2-6(14)7-11-12-8-10-4-1-5-13(7)8/h1,4-6,14H,2-3,9H2. The molecule has 0 aliphatic heterocycles. The van der Waals surface area contributed by atoms with E-state index in [1.165, 1.54) is 0 Å². The van der Waals surface area contributed by atoms with Crippen molar-refractivity contribution in [3.63, 3.8) is 0 Å². The van der Waals surface area contributed by atoms with Crippen LogP contribution in [0.3, 0.4) is 0 Å². The lowest BCUT2D eigenvalue weighted by Gasteiger charge is -2.05. The van der Waals surface area contributed by atoms with Crippen LogP contribution in [0.2, 0.25) is 0 Å². The Morgan fingerprint density at radius 2 is 2.36 bits per heavy atom. The molecule has 3 N–H and O–H groups in total. The number of hydrogen-bond acceptors (Lipinski definition) is 5. The Hall–Kier alpha value is -1.53. The molecule has 2 aromatic rings. The molecule has 0 radical (unpaired) electrons. The van der Waals surface area contributed by atoms with E-state index < -0.39 is 6.10 Å². The van der Waals surface area contributed by atoms with Gasteiger partial charge in [-0.25, -0.2) is 4.98 Å². The molecule has 1 atom stereocenters. The van der Waals surface area contributed by atoms with Crippen molar-refractivity contribution < 1.29 is 5.11 Å². The van der Waals surface area contributed by atoms with E-state index in [2.05, 4.69) is 15.2 Å². The first-order valence-electron chi connectivity index (χ1n) is 4.36. The molecule has 0 aromatic carbocycles. The molecule has 2 aromatic heterocycles. The van der Waals surface area contributed by atoms with Crippen molar-refractivity contribution >= 4 is 5.78 Å². The Morgan fingerprint density at radius 1 is 1.50 bits per heavy atom. The average molecular weight is 193 g/mol. The van der Waals surface area contributed by atoms with E-state index in [1.54, 1.807) is 22.9 Å². The number of aliphatic hydroxyl groups excluding tert-OH is 1. The van der Waals surface area contributed by atoms with Crippen LogP contribution in [0.4, 0.5) is 0 Å². The van der Waals surface area contributed by atoms with Crippen LogP contribution in [0, 0.1) is 0 Å². The monoisotopic (exact) mass is 193 g/mol. The molecule has 0 saturated carbocycles. The minimum atomic E-state index is -0.681. The fourth-order valence-corrected chi connectivity index (χ4v) is 1.27. The van der Waals surface area contributed by atoms with E-state index in [1.807, 2.05) is 0 Å². The molecular weight excluding hydrogens is 182 g/mol. The smallest absolute Gasteiger partial charge is 0.255 e. The van der Waals surface area contributed by atoms with E-state index >= 15 is 0 Å². The summed E-state index contributed by atoms with van der Waals surface area (Å²) in [5.41, 5.74) is 5.35. The molecule has 14 heavy (non-hydrogen) atoms. The Morgan fingerprint density at radius 3 is 3.14 bits per heavy atom. The predicted molar refractivity (Wildman–Crippen MR) is 49.4 cm³/mol. The number of aromatic nitrogens is 4. The van der Waals surface area contributed by atoms with Gasteiger partial charge in [-0.15, -0.1) is 10.2 Å². The number of nitrogens with zero attached hydrogens (tertiary/aromatic N) is 4. The van der Waals surface area contributed by atoms with Gasteiger partial charge in [0.05, 0.1) is 0 Å². The van der Waals surface area contributed by atoms with E-state index in [9.17, 15) is 5.11 Å². The maximum absolute atomic E-state index is 9.68. The zero-order valence-electron chi connectivity index (χ0n) is 7.54. The van der Waals surface area contributed by atoms with Gasteiger partial charge in [-0.1, -0.05) is 0 Å². The maximum atomic E-state index is 9.68. The van der Waals surface area contributed by atoms with Crippen LogP contribution in [0.25, 0.3) is 5.78 Å². The Kier molecular flexibility index (Phi) is 2.38. The summed E-state index contributed by atoms with van der Waals surface area (Å²) in [5.74, 6) is 0.970. The molecule has 6 nitrogen and oxygen atoms in total. The van der Waals surface area contributed by atoms with E-state index in [4.69, 9.17) is 5.73 Å². The third kappa shape index (κ3) is 1.45. The molecule has 0 amide bonds. The van der Waals surface area contributed by atoms with Gasteiger partial charge in [0.25, 0.3) is 5.78 Å². The molecular formula is C8H11N5O. The summed E-state index contributed by atoms with van der Waals surface area (Å²) in [5, 5.41) is 17.4. The van der Waals surface area contributed by atoms with Gasteiger partial charge in [0.2, 0.25) is 0 Å². The second kappa shape index (κ2) is 3.69. The van der Waals surface area contributed by atoms with Crippen molar-refractivity contribution in [2.45, 2.75) is 12.5 Å².